The fraction of sp³-hybridized carbons (Fsp3) is 0.222. The Morgan fingerprint density at radius 2 is 1.76 bits per heavy atom. The first kappa shape index (κ1) is 15.8. The predicted molar refractivity (Wildman–Crippen MR) is 93.1 cm³/mol. The number of carbonyl (C=O) groups excluding carboxylic acids is 2. The predicted octanol–water partition coefficient (Wildman–Crippen LogP) is 3.14. The Morgan fingerprint density at radius 1 is 1.04 bits per heavy atom. The number of nitrogens with zero attached hydrogens (tertiary/aromatic N) is 4. The Hall–Kier alpha value is -2.73. The van der Waals surface area contributed by atoms with Gasteiger partial charge in [0.2, 0.25) is 0 Å². The molecule has 2 heterocycles. The van der Waals surface area contributed by atoms with Gasteiger partial charge in [-0.3, -0.25) is 14.6 Å². The molecule has 4 rings (SSSR count). The van der Waals surface area contributed by atoms with Crippen LogP contribution in [0.4, 0.5) is 5.69 Å². The highest BCUT2D eigenvalue weighted by Gasteiger charge is 2.55. The number of fused-ring (bicyclic) bond motifs is 1. The lowest BCUT2D eigenvalue weighted by atomic mass is 10.1. The van der Waals surface area contributed by atoms with Crippen LogP contribution in [-0.2, 0) is 16.1 Å². The van der Waals surface area contributed by atoms with Crippen molar-refractivity contribution in [1.29, 1.82) is 0 Å². The van der Waals surface area contributed by atoms with Crippen molar-refractivity contribution in [3.8, 4) is 0 Å². The maximum atomic E-state index is 12.9. The number of aryl methyl sites for hydroxylation is 1. The molecule has 1 fully saturated rings. The molecule has 0 radical (unpaired) electrons. The van der Waals surface area contributed by atoms with E-state index in [1.165, 1.54) is 0 Å². The quantitative estimate of drug-likeness (QED) is 0.795. The van der Waals surface area contributed by atoms with Gasteiger partial charge in [0, 0.05) is 0 Å². The number of para-hydroxylation sites is 1. The topological polar surface area (TPSA) is 65.3 Å². The van der Waals surface area contributed by atoms with Crippen LogP contribution in [0.25, 0.3) is 0 Å². The summed E-state index contributed by atoms with van der Waals surface area (Å²) in [5.41, 5.74) is 2.53. The van der Waals surface area contributed by atoms with Crippen LogP contribution in [-0.4, -0.2) is 28.9 Å². The van der Waals surface area contributed by atoms with Crippen molar-refractivity contribution in [2.75, 3.05) is 4.90 Å². The molecule has 0 N–H and O–H groups in total. The third kappa shape index (κ3) is 2.49. The summed E-state index contributed by atoms with van der Waals surface area (Å²) in [4.78, 5) is 26.7. The highest BCUT2D eigenvalue weighted by Crippen LogP contribution is 2.35. The number of rotatable bonds is 3. The second kappa shape index (κ2) is 5.97. The minimum Gasteiger partial charge on any atom is -0.271 e. The van der Waals surface area contributed by atoms with Crippen LogP contribution in [0.3, 0.4) is 0 Å². The van der Waals surface area contributed by atoms with Gasteiger partial charge in [0.15, 0.2) is 12.1 Å². The Labute approximate surface area is 149 Å². The third-order valence-electron chi connectivity index (χ3n) is 4.54. The number of carbonyl (C=O) groups is 2. The van der Waals surface area contributed by atoms with Gasteiger partial charge in [0.1, 0.15) is 0 Å². The monoisotopic (exact) mass is 354 g/mol. The largest absolute Gasteiger partial charge is 0.271 e. The Bertz CT molecular complexity index is 898. The number of amides is 2. The normalized spacial score (nSPS) is 22.0. The highest BCUT2D eigenvalue weighted by atomic mass is 35.5. The number of benzene rings is 2. The van der Waals surface area contributed by atoms with Crippen LogP contribution in [0.1, 0.15) is 11.1 Å². The molecule has 2 atom stereocenters. The van der Waals surface area contributed by atoms with E-state index in [-0.39, 0.29) is 11.8 Å². The molecule has 126 valence electrons. The van der Waals surface area contributed by atoms with Crippen molar-refractivity contribution in [1.82, 2.24) is 5.01 Å². The van der Waals surface area contributed by atoms with Crippen LogP contribution in [0.2, 0.25) is 5.02 Å². The standard InChI is InChI=1S/C18H15ClN4O2/c1-11-6-2-3-7-12(11)10-22-16-15(20-21-22)17(24)23(18(16)25)14-9-5-4-8-13(14)19/h2-9,15-16H,10H2,1H3/t15-,16+/m1/s1. The van der Waals surface area contributed by atoms with E-state index >= 15 is 0 Å². The van der Waals surface area contributed by atoms with E-state index in [1.807, 2.05) is 31.2 Å². The molecular formula is C18H15ClN4O2. The lowest BCUT2D eigenvalue weighted by Gasteiger charge is -2.21. The Morgan fingerprint density at radius 3 is 2.52 bits per heavy atom. The van der Waals surface area contributed by atoms with Gasteiger partial charge in [-0.05, 0) is 30.2 Å². The van der Waals surface area contributed by atoms with Gasteiger partial charge in [-0.2, -0.15) is 5.11 Å². The second-order valence-electron chi connectivity index (χ2n) is 6.08. The minimum atomic E-state index is -0.812. The summed E-state index contributed by atoms with van der Waals surface area (Å²) in [5, 5.41) is 10.0. The maximum Gasteiger partial charge on any atom is 0.263 e. The third-order valence-corrected chi connectivity index (χ3v) is 4.86. The average molecular weight is 355 g/mol. The van der Waals surface area contributed by atoms with Gasteiger partial charge in [-0.25, -0.2) is 4.90 Å². The molecule has 0 aliphatic carbocycles. The van der Waals surface area contributed by atoms with E-state index in [4.69, 9.17) is 11.6 Å². The first-order valence-electron chi connectivity index (χ1n) is 7.92. The summed E-state index contributed by atoms with van der Waals surface area (Å²) in [6.45, 7) is 2.42. The molecule has 25 heavy (non-hydrogen) atoms. The molecule has 2 aromatic carbocycles. The van der Waals surface area contributed by atoms with Gasteiger partial charge in [-0.15, -0.1) is 0 Å². The number of halogens is 1. The zero-order valence-corrected chi connectivity index (χ0v) is 14.2. The zero-order chi connectivity index (χ0) is 17.6. The van der Waals surface area contributed by atoms with Crippen LogP contribution < -0.4 is 4.90 Å². The van der Waals surface area contributed by atoms with Crippen molar-refractivity contribution < 1.29 is 9.59 Å². The smallest absolute Gasteiger partial charge is 0.263 e. The van der Waals surface area contributed by atoms with Crippen molar-refractivity contribution in [3.05, 3.63) is 64.7 Å². The van der Waals surface area contributed by atoms with Crippen LogP contribution in [0, 0.1) is 6.92 Å². The van der Waals surface area contributed by atoms with Gasteiger partial charge in [0.25, 0.3) is 11.8 Å². The fourth-order valence-corrected chi connectivity index (χ4v) is 3.41. The fourth-order valence-electron chi connectivity index (χ4n) is 3.19. The van der Waals surface area contributed by atoms with Crippen LogP contribution >= 0.6 is 11.6 Å². The highest BCUT2D eigenvalue weighted by molar-refractivity contribution is 6.36. The summed E-state index contributed by atoms with van der Waals surface area (Å²) in [5.74, 6) is -0.735. The number of hydrogen-bond donors (Lipinski definition) is 0. The van der Waals surface area contributed by atoms with Crippen molar-refractivity contribution in [2.45, 2.75) is 25.6 Å². The lowest BCUT2D eigenvalue weighted by molar-refractivity contribution is -0.123. The average Bonchev–Trinajstić information content (AvgIpc) is 3.12. The molecule has 1 saturated heterocycles. The van der Waals surface area contributed by atoms with E-state index in [9.17, 15) is 9.59 Å². The minimum absolute atomic E-state index is 0.346. The Kier molecular flexibility index (Phi) is 3.77. The molecule has 2 amide bonds. The van der Waals surface area contributed by atoms with Gasteiger partial charge in [0.05, 0.1) is 17.3 Å². The summed E-state index contributed by atoms with van der Waals surface area (Å²) in [6, 6.07) is 13.1. The first-order chi connectivity index (χ1) is 12.1. The molecule has 2 aliphatic heterocycles. The van der Waals surface area contributed by atoms with E-state index in [1.54, 1.807) is 29.3 Å². The molecule has 2 aliphatic rings. The van der Waals surface area contributed by atoms with Gasteiger partial charge < -0.3 is 0 Å². The van der Waals surface area contributed by atoms with Crippen LogP contribution in [0.5, 0.6) is 0 Å². The Balaban J connectivity index is 1.64. The molecule has 7 heteroatoms. The zero-order valence-electron chi connectivity index (χ0n) is 13.5. The van der Waals surface area contributed by atoms with Crippen molar-refractivity contribution in [2.24, 2.45) is 10.3 Å². The molecule has 2 aromatic rings. The molecule has 0 bridgehead atoms. The van der Waals surface area contributed by atoms with E-state index in [0.717, 1.165) is 16.0 Å². The second-order valence-corrected chi connectivity index (χ2v) is 6.49. The van der Waals surface area contributed by atoms with Gasteiger partial charge >= 0.3 is 0 Å². The molecule has 0 aromatic heterocycles. The molecule has 0 spiro atoms. The van der Waals surface area contributed by atoms with Gasteiger partial charge in [-0.1, -0.05) is 53.2 Å². The number of anilines is 1. The van der Waals surface area contributed by atoms with E-state index < -0.39 is 12.1 Å². The van der Waals surface area contributed by atoms with E-state index in [0.29, 0.717) is 17.3 Å². The summed E-state index contributed by atoms with van der Waals surface area (Å²) in [6.07, 6.45) is 0. The van der Waals surface area contributed by atoms with Crippen molar-refractivity contribution in [3.63, 3.8) is 0 Å². The summed E-state index contributed by atoms with van der Waals surface area (Å²) < 4.78 is 0. The molecule has 0 saturated carbocycles. The molecular weight excluding hydrogens is 340 g/mol. The number of hydrogen-bond acceptors (Lipinski definition) is 5. The summed E-state index contributed by atoms with van der Waals surface area (Å²) in [7, 11) is 0. The maximum absolute atomic E-state index is 12.9. The van der Waals surface area contributed by atoms with E-state index in [2.05, 4.69) is 10.3 Å². The lowest BCUT2D eigenvalue weighted by Crippen LogP contribution is -2.39. The number of imide groups is 1. The van der Waals surface area contributed by atoms with Crippen molar-refractivity contribution >= 4 is 29.1 Å². The van der Waals surface area contributed by atoms with Crippen LogP contribution in [0.15, 0.2) is 58.9 Å². The molecule has 6 nitrogen and oxygen atoms in total. The molecule has 0 unspecified atom stereocenters. The first-order valence-corrected chi connectivity index (χ1v) is 8.30. The summed E-state index contributed by atoms with van der Waals surface area (Å²) >= 11 is 6.16. The SMILES string of the molecule is Cc1ccccc1CN1N=N[C@H]2C(=O)N(c3ccccc3Cl)C(=O)[C@H]21.